The summed E-state index contributed by atoms with van der Waals surface area (Å²) >= 11 is 0. The van der Waals surface area contributed by atoms with Crippen molar-refractivity contribution in [3.8, 4) is 0 Å². The molecule has 0 saturated heterocycles. The van der Waals surface area contributed by atoms with Gasteiger partial charge >= 0.3 is 0 Å². The van der Waals surface area contributed by atoms with Crippen LogP contribution in [0.2, 0.25) is 0 Å². The zero-order valence-corrected chi connectivity index (χ0v) is 15.9. The average molecular weight is 337 g/mol. The SMILES string of the molecule is C.C=C.CCCCCCCc1ccc(CNCCCC)cc1.CN. The van der Waals surface area contributed by atoms with Crippen molar-refractivity contribution < 1.29 is 0 Å². The number of aryl methyl sites for hydroxylation is 1. The maximum absolute atomic E-state index is 4.50. The third-order valence-corrected chi connectivity index (χ3v) is 3.63. The highest BCUT2D eigenvalue weighted by Crippen LogP contribution is 2.10. The van der Waals surface area contributed by atoms with E-state index >= 15 is 0 Å². The first-order valence-electron chi connectivity index (χ1n) is 9.23. The quantitative estimate of drug-likeness (QED) is 0.378. The number of hydrogen-bond acceptors (Lipinski definition) is 2. The summed E-state index contributed by atoms with van der Waals surface area (Å²) in [7, 11) is 1.50. The lowest BCUT2D eigenvalue weighted by molar-refractivity contribution is 0.631. The summed E-state index contributed by atoms with van der Waals surface area (Å²) in [4.78, 5) is 0. The van der Waals surface area contributed by atoms with Crippen molar-refractivity contribution in [2.45, 2.75) is 79.2 Å². The van der Waals surface area contributed by atoms with Crippen molar-refractivity contribution >= 4 is 0 Å². The highest BCUT2D eigenvalue weighted by Gasteiger charge is 1.96. The van der Waals surface area contributed by atoms with Crippen LogP contribution in [-0.2, 0) is 13.0 Å². The van der Waals surface area contributed by atoms with E-state index in [1.807, 2.05) is 0 Å². The van der Waals surface area contributed by atoms with Gasteiger partial charge in [0.25, 0.3) is 0 Å². The molecule has 1 aromatic carbocycles. The topological polar surface area (TPSA) is 38.0 Å². The number of unbranched alkanes of at least 4 members (excludes halogenated alkanes) is 5. The third kappa shape index (κ3) is 17.2. The number of hydrogen-bond donors (Lipinski definition) is 2. The van der Waals surface area contributed by atoms with Crippen LogP contribution in [0.1, 0.15) is 77.3 Å². The van der Waals surface area contributed by atoms with E-state index in [0.29, 0.717) is 0 Å². The molecule has 0 saturated carbocycles. The molecule has 0 spiro atoms. The van der Waals surface area contributed by atoms with Gasteiger partial charge in [-0.05, 0) is 44.0 Å². The normalized spacial score (nSPS) is 9.00. The smallest absolute Gasteiger partial charge is 0.0205 e. The van der Waals surface area contributed by atoms with E-state index < -0.39 is 0 Å². The van der Waals surface area contributed by atoms with E-state index in [9.17, 15) is 0 Å². The van der Waals surface area contributed by atoms with E-state index in [1.54, 1.807) is 0 Å². The fraction of sp³-hybridized carbons (Fsp3) is 0.636. The number of nitrogens with one attached hydrogen (secondary N) is 1. The first-order valence-corrected chi connectivity index (χ1v) is 9.23. The van der Waals surface area contributed by atoms with Gasteiger partial charge in [-0.1, -0.05) is 77.6 Å². The van der Waals surface area contributed by atoms with Crippen LogP contribution in [0.5, 0.6) is 0 Å². The van der Waals surface area contributed by atoms with Gasteiger partial charge in [0, 0.05) is 6.54 Å². The molecule has 0 amide bonds. The van der Waals surface area contributed by atoms with E-state index in [1.165, 1.54) is 69.5 Å². The minimum absolute atomic E-state index is 0. The predicted molar refractivity (Wildman–Crippen MR) is 114 cm³/mol. The minimum Gasteiger partial charge on any atom is -0.333 e. The molecular formula is C22H44N2. The van der Waals surface area contributed by atoms with Crippen LogP contribution in [0.15, 0.2) is 37.4 Å². The van der Waals surface area contributed by atoms with Crippen LogP contribution in [-0.4, -0.2) is 13.6 Å². The maximum atomic E-state index is 4.50. The molecule has 0 aliphatic rings. The van der Waals surface area contributed by atoms with Crippen molar-refractivity contribution in [3.63, 3.8) is 0 Å². The molecule has 142 valence electrons. The van der Waals surface area contributed by atoms with Crippen LogP contribution in [0.4, 0.5) is 0 Å². The Morgan fingerprint density at radius 3 is 1.83 bits per heavy atom. The van der Waals surface area contributed by atoms with Crippen molar-refractivity contribution in [1.82, 2.24) is 5.32 Å². The van der Waals surface area contributed by atoms with E-state index in [4.69, 9.17) is 0 Å². The Hall–Kier alpha value is -1.12. The molecule has 1 rings (SSSR count). The molecule has 0 radical (unpaired) electrons. The number of nitrogens with two attached hydrogens (primary N) is 1. The van der Waals surface area contributed by atoms with Crippen molar-refractivity contribution in [1.29, 1.82) is 0 Å². The first kappa shape index (κ1) is 27.7. The van der Waals surface area contributed by atoms with Crippen molar-refractivity contribution in [2.24, 2.45) is 5.73 Å². The molecule has 0 aliphatic heterocycles. The van der Waals surface area contributed by atoms with Gasteiger partial charge in [0.1, 0.15) is 0 Å². The van der Waals surface area contributed by atoms with Crippen molar-refractivity contribution in [3.05, 3.63) is 48.6 Å². The van der Waals surface area contributed by atoms with Crippen LogP contribution in [0.3, 0.4) is 0 Å². The van der Waals surface area contributed by atoms with Crippen LogP contribution < -0.4 is 11.1 Å². The van der Waals surface area contributed by atoms with Gasteiger partial charge in [-0.15, -0.1) is 13.2 Å². The molecule has 0 fully saturated rings. The number of rotatable bonds is 11. The van der Waals surface area contributed by atoms with Crippen LogP contribution in [0, 0.1) is 0 Å². The molecule has 3 N–H and O–H groups in total. The molecule has 0 aromatic heterocycles. The lowest BCUT2D eigenvalue weighted by atomic mass is 10.0. The van der Waals surface area contributed by atoms with Gasteiger partial charge in [0.2, 0.25) is 0 Å². The second kappa shape index (κ2) is 24.1. The summed E-state index contributed by atoms with van der Waals surface area (Å²) in [6.07, 6.45) is 10.6. The fourth-order valence-corrected chi connectivity index (χ4v) is 2.29. The van der Waals surface area contributed by atoms with E-state index in [0.717, 1.165) is 13.1 Å². The lowest BCUT2D eigenvalue weighted by Crippen LogP contribution is -2.14. The highest BCUT2D eigenvalue weighted by molar-refractivity contribution is 5.22. The summed E-state index contributed by atoms with van der Waals surface area (Å²) in [5.74, 6) is 0. The molecule has 0 atom stereocenters. The molecule has 0 bridgehead atoms. The average Bonchev–Trinajstić information content (AvgIpc) is 2.63. The molecular weight excluding hydrogens is 292 g/mol. The largest absolute Gasteiger partial charge is 0.333 e. The second-order valence-electron chi connectivity index (χ2n) is 5.51. The standard InChI is InChI=1S/C18H31N.C2H4.CH5N.CH4/c1-3-5-7-8-9-10-17-11-13-18(14-12-17)16-19-15-6-4-2;2*1-2;/h11-14,19H,3-10,15-16H2,1-2H3;1-2H2;2H2,1H3;1H4. The Morgan fingerprint density at radius 2 is 1.29 bits per heavy atom. The Bertz CT molecular complexity index is 319. The molecule has 24 heavy (non-hydrogen) atoms. The zero-order chi connectivity index (χ0) is 17.8. The molecule has 2 nitrogen and oxygen atoms in total. The number of benzene rings is 1. The van der Waals surface area contributed by atoms with Crippen LogP contribution in [0.25, 0.3) is 0 Å². The van der Waals surface area contributed by atoms with Gasteiger partial charge in [-0.2, -0.15) is 0 Å². The van der Waals surface area contributed by atoms with Gasteiger partial charge in [0.15, 0.2) is 0 Å². The summed E-state index contributed by atoms with van der Waals surface area (Å²) in [5.41, 5.74) is 7.40. The summed E-state index contributed by atoms with van der Waals surface area (Å²) in [5, 5.41) is 3.49. The zero-order valence-electron chi connectivity index (χ0n) is 15.9. The summed E-state index contributed by atoms with van der Waals surface area (Å²) in [6.45, 7) is 12.6. The van der Waals surface area contributed by atoms with Gasteiger partial charge in [-0.3, -0.25) is 0 Å². The van der Waals surface area contributed by atoms with Gasteiger partial charge in [0.05, 0.1) is 0 Å². The fourth-order valence-electron chi connectivity index (χ4n) is 2.29. The summed E-state index contributed by atoms with van der Waals surface area (Å²) < 4.78 is 0. The van der Waals surface area contributed by atoms with E-state index in [2.05, 4.69) is 62.3 Å². The Kier molecular flexibility index (Phi) is 27.9. The molecule has 0 heterocycles. The third-order valence-electron chi connectivity index (χ3n) is 3.63. The Labute approximate surface area is 152 Å². The predicted octanol–water partition coefficient (Wildman–Crippen LogP) is 6.10. The molecule has 0 aliphatic carbocycles. The Morgan fingerprint density at radius 1 is 0.792 bits per heavy atom. The highest BCUT2D eigenvalue weighted by atomic mass is 14.8. The monoisotopic (exact) mass is 336 g/mol. The summed E-state index contributed by atoms with van der Waals surface area (Å²) in [6, 6.07) is 9.16. The Balaban J connectivity index is -0.000000817. The van der Waals surface area contributed by atoms with Crippen LogP contribution >= 0.6 is 0 Å². The second-order valence-corrected chi connectivity index (χ2v) is 5.51. The molecule has 1 aromatic rings. The van der Waals surface area contributed by atoms with Gasteiger partial charge in [-0.25, -0.2) is 0 Å². The van der Waals surface area contributed by atoms with Gasteiger partial charge < -0.3 is 11.1 Å². The lowest BCUT2D eigenvalue weighted by Gasteiger charge is -2.06. The molecule has 0 unspecified atom stereocenters. The molecule has 2 heteroatoms. The maximum Gasteiger partial charge on any atom is 0.0205 e. The minimum atomic E-state index is 0. The van der Waals surface area contributed by atoms with E-state index in [-0.39, 0.29) is 7.43 Å². The first-order chi connectivity index (χ1) is 11.4. The van der Waals surface area contributed by atoms with Crippen molar-refractivity contribution in [2.75, 3.05) is 13.6 Å².